The highest BCUT2D eigenvalue weighted by Gasteiger charge is 2.35. The number of likely N-dealkylation sites (tertiary alicyclic amines) is 1. The second-order valence-electron chi connectivity index (χ2n) is 8.61. The lowest BCUT2D eigenvalue weighted by atomic mass is 9.88. The van der Waals surface area contributed by atoms with E-state index in [1.165, 1.54) is 25.7 Å². The van der Waals surface area contributed by atoms with Gasteiger partial charge in [0.1, 0.15) is 5.75 Å². The monoisotopic (exact) mass is 561 g/mol. The van der Waals surface area contributed by atoms with E-state index in [-0.39, 0.29) is 5.92 Å². The number of hydrogen-bond acceptors (Lipinski definition) is 3. The Morgan fingerprint density at radius 3 is 2.56 bits per heavy atom. The first-order valence-corrected chi connectivity index (χ1v) is 13.0. The number of ether oxygens (including phenoxy) is 1. The number of fused-ring (bicyclic) bond motifs is 1. The predicted molar refractivity (Wildman–Crippen MR) is 129 cm³/mol. The van der Waals surface area contributed by atoms with E-state index in [1.54, 1.807) is 7.11 Å². The summed E-state index contributed by atoms with van der Waals surface area (Å²) in [5.41, 5.74) is 1.89. The third-order valence-electron chi connectivity index (χ3n) is 6.42. The average Bonchev–Trinajstić information content (AvgIpc) is 3.33. The normalized spacial score (nSPS) is 20.4. The van der Waals surface area contributed by atoms with Crippen LogP contribution in [0.3, 0.4) is 0 Å². The van der Waals surface area contributed by atoms with E-state index in [2.05, 4.69) is 13.8 Å². The van der Waals surface area contributed by atoms with E-state index >= 15 is 0 Å². The summed E-state index contributed by atoms with van der Waals surface area (Å²) >= 11 is -1.38. The molecule has 4 rings (SSSR count). The van der Waals surface area contributed by atoms with Gasteiger partial charge >= 0.3 is 33.3 Å². The van der Waals surface area contributed by atoms with Gasteiger partial charge in [0.05, 0.1) is 18.6 Å². The molecule has 2 aliphatic rings. The van der Waals surface area contributed by atoms with E-state index in [1.807, 2.05) is 30.3 Å². The standard InChI is InChI=1S/C24H29F3IN2O2/c1-31-22-11-10-17-13-19(9-8-18(17)14-22)23(29-28-32-16-24(25,26)27)20-5-4-12-30(15-20)21-6-2-3-7-21/h8-11,13-14,20-21H,2-7,12,15-16H2,1H3/q+1. The van der Waals surface area contributed by atoms with Gasteiger partial charge in [-0.1, -0.05) is 25.0 Å². The molecular formula is C24H29F3IN2O2+. The van der Waals surface area contributed by atoms with Gasteiger partial charge in [0.15, 0.2) is 6.61 Å². The molecule has 2 aromatic rings. The zero-order valence-corrected chi connectivity index (χ0v) is 20.4. The van der Waals surface area contributed by atoms with Crippen molar-refractivity contribution in [2.24, 2.45) is 5.92 Å². The molecule has 4 nitrogen and oxygen atoms in total. The van der Waals surface area contributed by atoms with Crippen molar-refractivity contribution >= 4 is 37.9 Å². The van der Waals surface area contributed by atoms with Gasteiger partial charge in [0, 0.05) is 12.6 Å². The molecule has 32 heavy (non-hydrogen) atoms. The van der Waals surface area contributed by atoms with Gasteiger partial charge in [0.2, 0.25) is 0 Å². The number of benzene rings is 2. The van der Waals surface area contributed by atoms with Crippen LogP contribution in [0.1, 0.15) is 44.1 Å². The van der Waals surface area contributed by atoms with Crippen LogP contribution in [0.4, 0.5) is 13.2 Å². The topological polar surface area (TPSA) is 35.8 Å². The summed E-state index contributed by atoms with van der Waals surface area (Å²) in [6.45, 7) is 0.798. The lowest BCUT2D eigenvalue weighted by molar-refractivity contribution is -0.146. The van der Waals surface area contributed by atoms with Crippen molar-refractivity contribution in [1.29, 1.82) is 0 Å². The molecule has 0 radical (unpaired) electrons. The van der Waals surface area contributed by atoms with Gasteiger partial charge in [0.25, 0.3) is 0 Å². The molecule has 1 saturated heterocycles. The van der Waals surface area contributed by atoms with Crippen molar-refractivity contribution in [3.05, 3.63) is 42.0 Å². The average molecular weight is 561 g/mol. The fraction of sp³-hybridized carbons (Fsp3) is 0.542. The molecule has 1 atom stereocenters. The summed E-state index contributed by atoms with van der Waals surface area (Å²) in [6, 6.07) is 12.7. The number of nitrogens with zero attached hydrogens (tertiary/aromatic N) is 2. The Morgan fingerprint density at radius 1 is 1.06 bits per heavy atom. The molecular weight excluding hydrogens is 532 g/mol. The van der Waals surface area contributed by atoms with Gasteiger partial charge in [-0.25, -0.2) is 3.07 Å². The molecule has 0 spiro atoms. The highest BCUT2D eigenvalue weighted by atomic mass is 127. The van der Waals surface area contributed by atoms with Crippen molar-refractivity contribution in [3.8, 4) is 5.75 Å². The van der Waals surface area contributed by atoms with Crippen LogP contribution in [0.25, 0.3) is 10.8 Å². The molecule has 0 bridgehead atoms. The number of rotatable bonds is 6. The van der Waals surface area contributed by atoms with Crippen LogP contribution >= 0.6 is 21.4 Å². The van der Waals surface area contributed by atoms with Crippen molar-refractivity contribution in [3.63, 3.8) is 0 Å². The van der Waals surface area contributed by atoms with Crippen molar-refractivity contribution < 1.29 is 21.0 Å². The summed E-state index contributed by atoms with van der Waals surface area (Å²) < 4.78 is 52.6. The second-order valence-corrected chi connectivity index (χ2v) is 10.1. The smallest absolute Gasteiger partial charge is 0.497 e. The fourth-order valence-corrected chi connectivity index (χ4v) is 6.36. The van der Waals surface area contributed by atoms with Crippen molar-refractivity contribution in [2.75, 3.05) is 26.8 Å². The Balaban J connectivity index is 1.64. The third-order valence-corrected chi connectivity index (χ3v) is 7.72. The van der Waals surface area contributed by atoms with Crippen LogP contribution in [0, 0.1) is 5.92 Å². The lowest BCUT2D eigenvalue weighted by Crippen LogP contribution is -2.44. The van der Waals surface area contributed by atoms with E-state index < -0.39 is 34.2 Å². The molecule has 174 valence electrons. The van der Waals surface area contributed by atoms with E-state index in [4.69, 9.17) is 7.80 Å². The van der Waals surface area contributed by atoms with Crippen LogP contribution in [-0.2, 0) is 3.07 Å². The molecule has 1 aliphatic heterocycles. The number of alkyl halides is 3. The first-order chi connectivity index (χ1) is 15.4. The minimum atomic E-state index is -4.32. The maximum absolute atomic E-state index is 12.5. The molecule has 0 amide bonds. The second kappa shape index (κ2) is 10.6. The van der Waals surface area contributed by atoms with Crippen molar-refractivity contribution in [2.45, 2.75) is 50.7 Å². The highest BCUT2D eigenvalue weighted by molar-refractivity contribution is 14.1. The van der Waals surface area contributed by atoms with Crippen molar-refractivity contribution in [1.82, 2.24) is 7.72 Å². The maximum atomic E-state index is 12.5. The lowest BCUT2D eigenvalue weighted by Gasteiger charge is -2.35. The first-order valence-electron chi connectivity index (χ1n) is 11.2. The Morgan fingerprint density at radius 2 is 1.81 bits per heavy atom. The Labute approximate surface area is 197 Å². The number of halogens is 4. The number of methoxy groups -OCH3 is 1. The molecule has 1 heterocycles. The SMILES string of the molecule is COc1ccc2cc(C(=[N+]=IOCC(F)(F)F)C3CCCN(C4CCCC4)C3)ccc2c1. The quantitative estimate of drug-likeness (QED) is 0.247. The zero-order chi connectivity index (χ0) is 22.6. The predicted octanol–water partition coefficient (Wildman–Crippen LogP) is 6.01. The number of hydrogen-bond donors (Lipinski definition) is 0. The first kappa shape index (κ1) is 23.7. The Bertz CT molecular complexity index is 998. The molecule has 2 aromatic carbocycles. The molecule has 1 aliphatic carbocycles. The van der Waals surface area contributed by atoms with Gasteiger partial charge in [-0.05, 0) is 70.1 Å². The van der Waals surface area contributed by atoms with Crippen LogP contribution < -0.4 is 7.56 Å². The Kier molecular flexibility index (Phi) is 7.87. The van der Waals surface area contributed by atoms with Gasteiger partial charge < -0.3 is 4.74 Å². The Hall–Kier alpha value is -1.48. The summed E-state index contributed by atoms with van der Waals surface area (Å²) in [6.07, 6.45) is 2.85. The van der Waals surface area contributed by atoms with Gasteiger partial charge in [-0.3, -0.25) is 4.90 Å². The molecule has 0 aromatic heterocycles. The van der Waals surface area contributed by atoms with Gasteiger partial charge in [-0.2, -0.15) is 13.2 Å². The zero-order valence-electron chi connectivity index (χ0n) is 18.2. The highest BCUT2D eigenvalue weighted by Crippen LogP contribution is 2.30. The molecule has 1 unspecified atom stereocenters. The summed E-state index contributed by atoms with van der Waals surface area (Å²) in [7, 11) is 1.64. The van der Waals surface area contributed by atoms with Crippen LogP contribution in [0.2, 0.25) is 0 Å². The maximum Gasteiger partial charge on any atom is 0.540 e. The summed E-state index contributed by atoms with van der Waals surface area (Å²) in [5.74, 6) is 1.01. The van der Waals surface area contributed by atoms with Crippen LogP contribution in [0.5, 0.6) is 5.75 Å². The minimum Gasteiger partial charge on any atom is -0.497 e. The summed E-state index contributed by atoms with van der Waals surface area (Å²) in [5, 5.41) is 2.13. The molecule has 0 N–H and O–H groups in total. The third kappa shape index (κ3) is 6.10. The van der Waals surface area contributed by atoms with Gasteiger partial charge in [-0.15, -0.1) is 0 Å². The van der Waals surface area contributed by atoms with Crippen LogP contribution in [-0.4, -0.2) is 49.6 Å². The number of piperidine rings is 1. The largest absolute Gasteiger partial charge is 0.540 e. The fourth-order valence-electron chi connectivity index (χ4n) is 4.84. The van der Waals surface area contributed by atoms with Crippen LogP contribution in [0.15, 0.2) is 36.4 Å². The van der Waals surface area contributed by atoms with E-state index in [0.717, 1.165) is 53.7 Å². The summed E-state index contributed by atoms with van der Waals surface area (Å²) in [4.78, 5) is 2.58. The van der Waals surface area contributed by atoms with E-state index in [0.29, 0.717) is 6.04 Å². The molecule has 1 saturated carbocycles. The molecule has 2 fully saturated rings. The van der Waals surface area contributed by atoms with E-state index in [9.17, 15) is 13.2 Å². The minimum absolute atomic E-state index is 0.217. The molecule has 8 heteroatoms.